The van der Waals surface area contributed by atoms with Crippen molar-refractivity contribution in [2.75, 3.05) is 17.1 Å². The molecule has 0 aliphatic carbocycles. The molecule has 0 aromatic heterocycles. The van der Waals surface area contributed by atoms with E-state index >= 15 is 0 Å². The number of halogens is 2. The van der Waals surface area contributed by atoms with Gasteiger partial charge in [0.05, 0.1) is 28.2 Å². The third-order valence-electron chi connectivity index (χ3n) is 3.08. The molecule has 0 heterocycles. The zero-order valence-electron chi connectivity index (χ0n) is 13.2. The van der Waals surface area contributed by atoms with E-state index in [-0.39, 0.29) is 6.54 Å². The molecule has 0 saturated heterocycles. The maximum atomic E-state index is 12.0. The third kappa shape index (κ3) is 5.74. The van der Waals surface area contributed by atoms with Crippen LogP contribution in [0.1, 0.15) is 5.56 Å². The fourth-order valence-corrected chi connectivity index (χ4v) is 3.09. The Hall–Kier alpha value is -2.09. The first-order valence-corrected chi connectivity index (χ1v) is 9.67. The highest BCUT2D eigenvalue weighted by atomic mass is 35.5. The number of nitrogens with zero attached hydrogens (tertiary/aromatic N) is 2. The maximum absolute atomic E-state index is 12.0. The lowest BCUT2D eigenvalue weighted by atomic mass is 10.2. The topological polar surface area (TPSA) is 78.8 Å². The SMILES string of the molecule is CS(=O)(=O)N(CC(=O)N/N=C\c1ccc(Cl)c(Cl)c1)c1ccccc1. The fraction of sp³-hybridized carbons (Fsp3) is 0.125. The quantitative estimate of drug-likeness (QED) is 0.598. The molecule has 9 heteroatoms. The monoisotopic (exact) mass is 399 g/mol. The van der Waals surface area contributed by atoms with Crippen LogP contribution in [0.25, 0.3) is 0 Å². The van der Waals surface area contributed by atoms with Crippen molar-refractivity contribution < 1.29 is 13.2 Å². The van der Waals surface area contributed by atoms with Crippen molar-refractivity contribution >= 4 is 51.0 Å². The first-order valence-electron chi connectivity index (χ1n) is 7.07. The van der Waals surface area contributed by atoms with Crippen LogP contribution in [0.5, 0.6) is 0 Å². The Morgan fingerprint density at radius 2 is 1.84 bits per heavy atom. The van der Waals surface area contributed by atoms with E-state index in [4.69, 9.17) is 23.2 Å². The van der Waals surface area contributed by atoms with Gasteiger partial charge in [0.25, 0.3) is 5.91 Å². The number of carbonyl (C=O) groups excluding carboxylic acids is 1. The molecule has 0 aliphatic heterocycles. The molecule has 0 saturated carbocycles. The normalized spacial score (nSPS) is 11.5. The van der Waals surface area contributed by atoms with Crippen LogP contribution >= 0.6 is 23.2 Å². The molecule has 6 nitrogen and oxygen atoms in total. The van der Waals surface area contributed by atoms with Gasteiger partial charge in [0.2, 0.25) is 10.0 Å². The molecule has 132 valence electrons. The predicted octanol–water partition coefficient (Wildman–Crippen LogP) is 2.91. The van der Waals surface area contributed by atoms with Crippen molar-refractivity contribution in [1.82, 2.24) is 5.43 Å². The molecule has 25 heavy (non-hydrogen) atoms. The number of anilines is 1. The lowest BCUT2D eigenvalue weighted by Crippen LogP contribution is -2.38. The van der Waals surface area contributed by atoms with Gasteiger partial charge < -0.3 is 0 Å². The van der Waals surface area contributed by atoms with Gasteiger partial charge in [-0.2, -0.15) is 5.10 Å². The summed E-state index contributed by atoms with van der Waals surface area (Å²) in [5.74, 6) is -0.578. The van der Waals surface area contributed by atoms with Crippen molar-refractivity contribution in [2.45, 2.75) is 0 Å². The van der Waals surface area contributed by atoms with Crippen molar-refractivity contribution in [1.29, 1.82) is 0 Å². The van der Waals surface area contributed by atoms with Crippen molar-refractivity contribution in [3.05, 3.63) is 64.1 Å². The van der Waals surface area contributed by atoms with E-state index in [1.54, 1.807) is 48.5 Å². The summed E-state index contributed by atoms with van der Waals surface area (Å²) >= 11 is 11.7. The second kappa shape index (κ2) is 8.33. The number of hydrazone groups is 1. The Kier molecular flexibility index (Phi) is 6.41. The maximum Gasteiger partial charge on any atom is 0.260 e. The first-order chi connectivity index (χ1) is 11.8. The average Bonchev–Trinajstić information content (AvgIpc) is 2.56. The van der Waals surface area contributed by atoms with E-state index in [0.29, 0.717) is 21.3 Å². The highest BCUT2D eigenvalue weighted by molar-refractivity contribution is 7.92. The summed E-state index contributed by atoms with van der Waals surface area (Å²) in [5.41, 5.74) is 3.32. The van der Waals surface area contributed by atoms with Gasteiger partial charge in [0, 0.05) is 0 Å². The number of sulfonamides is 1. The van der Waals surface area contributed by atoms with Gasteiger partial charge in [-0.25, -0.2) is 13.8 Å². The van der Waals surface area contributed by atoms with E-state index in [0.717, 1.165) is 10.6 Å². The number of carbonyl (C=O) groups is 1. The number of hydrogen-bond acceptors (Lipinski definition) is 4. The van der Waals surface area contributed by atoms with Crippen molar-refractivity contribution in [3.63, 3.8) is 0 Å². The lowest BCUT2D eigenvalue weighted by molar-refractivity contribution is -0.119. The smallest absolute Gasteiger partial charge is 0.260 e. The standard InChI is InChI=1S/C16H15Cl2N3O3S/c1-25(23,24)21(13-5-3-2-4-6-13)11-16(22)20-19-10-12-7-8-14(17)15(18)9-12/h2-10H,11H2,1H3,(H,20,22)/b19-10-. The Morgan fingerprint density at radius 3 is 2.44 bits per heavy atom. The molecular weight excluding hydrogens is 385 g/mol. The predicted molar refractivity (Wildman–Crippen MR) is 101 cm³/mol. The van der Waals surface area contributed by atoms with Crippen LogP contribution in [0.3, 0.4) is 0 Å². The van der Waals surface area contributed by atoms with Gasteiger partial charge in [0.15, 0.2) is 0 Å². The summed E-state index contributed by atoms with van der Waals surface area (Å²) in [6.07, 6.45) is 2.42. The lowest BCUT2D eigenvalue weighted by Gasteiger charge is -2.21. The molecule has 0 fully saturated rings. The molecule has 0 radical (unpaired) electrons. The molecule has 0 bridgehead atoms. The van der Waals surface area contributed by atoms with E-state index in [2.05, 4.69) is 10.5 Å². The summed E-state index contributed by atoms with van der Waals surface area (Å²) < 4.78 is 24.8. The van der Waals surface area contributed by atoms with Gasteiger partial charge in [0.1, 0.15) is 6.54 Å². The molecule has 0 spiro atoms. The molecule has 0 unspecified atom stereocenters. The van der Waals surface area contributed by atoms with Crippen LogP contribution in [0.4, 0.5) is 5.69 Å². The number of amides is 1. The Labute approximate surface area is 156 Å². The van der Waals surface area contributed by atoms with Crippen LogP contribution < -0.4 is 9.73 Å². The van der Waals surface area contributed by atoms with Crippen LogP contribution in [0, 0.1) is 0 Å². The van der Waals surface area contributed by atoms with E-state index in [1.807, 2.05) is 0 Å². The fourth-order valence-electron chi connectivity index (χ4n) is 1.93. The van der Waals surface area contributed by atoms with Crippen LogP contribution in [0.15, 0.2) is 53.6 Å². The minimum absolute atomic E-state index is 0.365. The molecule has 2 rings (SSSR count). The third-order valence-corrected chi connectivity index (χ3v) is 4.96. The minimum Gasteiger partial charge on any atom is -0.271 e. The van der Waals surface area contributed by atoms with E-state index in [1.165, 1.54) is 6.21 Å². The number of rotatable bonds is 6. The summed E-state index contributed by atoms with van der Waals surface area (Å²) in [5, 5.41) is 4.57. The summed E-state index contributed by atoms with van der Waals surface area (Å²) in [4.78, 5) is 12.0. The molecule has 0 atom stereocenters. The van der Waals surface area contributed by atoms with E-state index in [9.17, 15) is 13.2 Å². The zero-order chi connectivity index (χ0) is 18.4. The van der Waals surface area contributed by atoms with Gasteiger partial charge in [-0.1, -0.05) is 47.5 Å². The summed E-state index contributed by atoms with van der Waals surface area (Å²) in [6, 6.07) is 13.2. The molecule has 1 N–H and O–H groups in total. The average molecular weight is 400 g/mol. The second-order valence-electron chi connectivity index (χ2n) is 5.07. The van der Waals surface area contributed by atoms with Gasteiger partial charge in [-0.05, 0) is 29.8 Å². The summed E-state index contributed by atoms with van der Waals surface area (Å²) in [6.45, 7) is -0.387. The number of nitrogens with one attached hydrogen (secondary N) is 1. The molecule has 1 amide bonds. The Morgan fingerprint density at radius 1 is 1.16 bits per heavy atom. The highest BCUT2D eigenvalue weighted by Crippen LogP contribution is 2.21. The van der Waals surface area contributed by atoms with Crippen molar-refractivity contribution in [2.24, 2.45) is 5.10 Å². The minimum atomic E-state index is -3.61. The first kappa shape index (κ1) is 19.2. The number of para-hydroxylation sites is 1. The number of benzene rings is 2. The summed E-state index contributed by atoms with van der Waals surface area (Å²) in [7, 11) is -3.61. The second-order valence-corrected chi connectivity index (χ2v) is 7.79. The highest BCUT2D eigenvalue weighted by Gasteiger charge is 2.20. The Balaban J connectivity index is 2.04. The van der Waals surface area contributed by atoms with Crippen molar-refractivity contribution in [3.8, 4) is 0 Å². The van der Waals surface area contributed by atoms with Crippen LogP contribution in [0.2, 0.25) is 10.0 Å². The number of hydrogen-bond donors (Lipinski definition) is 1. The zero-order valence-corrected chi connectivity index (χ0v) is 15.5. The van der Waals surface area contributed by atoms with Gasteiger partial charge >= 0.3 is 0 Å². The molecule has 2 aromatic rings. The molecule has 0 aliphatic rings. The van der Waals surface area contributed by atoms with Crippen LogP contribution in [-0.2, 0) is 14.8 Å². The van der Waals surface area contributed by atoms with E-state index < -0.39 is 15.9 Å². The molecule has 2 aromatic carbocycles. The Bertz CT molecular complexity index is 887. The largest absolute Gasteiger partial charge is 0.271 e. The van der Waals surface area contributed by atoms with Gasteiger partial charge in [-0.3, -0.25) is 9.10 Å². The molecular formula is C16H15Cl2N3O3S. The van der Waals surface area contributed by atoms with Gasteiger partial charge in [-0.15, -0.1) is 0 Å². The van der Waals surface area contributed by atoms with Crippen LogP contribution in [-0.4, -0.2) is 33.3 Å².